The number of hydrogen-bond acceptors (Lipinski definition) is 30. The molecule has 8 heterocycles. The molecule has 16 N–H and O–H groups in total. The van der Waals surface area contributed by atoms with E-state index in [4.69, 9.17) is 46.5 Å². The van der Waals surface area contributed by atoms with E-state index in [-0.39, 0.29) is 123 Å². The number of aromatic nitrogens is 16. The van der Waals surface area contributed by atoms with Gasteiger partial charge in [0.1, 0.15) is 6.73 Å². The number of likely N-dealkylation sites (tertiary alicyclic amines) is 4. The summed E-state index contributed by atoms with van der Waals surface area (Å²) in [4.78, 5) is 10.0. The zero-order valence-electron chi connectivity index (χ0n) is 68.1. The number of piperidine rings is 4. The minimum absolute atomic E-state index is 0. The molecular formula is C72H130N25O9P2W4-. The third-order valence-electron chi connectivity index (χ3n) is 17.7. The third-order valence-corrected chi connectivity index (χ3v) is 17.9. The topological polar surface area (TPSA) is 454 Å². The number of aryl methyl sites for hydroxylation is 2. The van der Waals surface area contributed by atoms with Crippen LogP contribution in [0.2, 0.25) is 0 Å². The number of hydrogen-bond donors (Lipinski definition) is 15. The van der Waals surface area contributed by atoms with E-state index < -0.39 is 0 Å². The van der Waals surface area contributed by atoms with Gasteiger partial charge in [0.05, 0.1) is 28.7 Å². The SMILES string of the molecule is CC.CC.CC.CC.CC.NO.OCNO.O[CH-]NO.O[CH-]NO.O[CH-]NO.P.[CH2-]N1CCC(c2ccccc2)(c2nn[nH]n2)C(C)C1.[CH2-]N1CCC(c2ccccc2)(c2nnn(C)n2)C(C)C1.[CH2-]N1CCC(c2ccccc2)(c2nnn(P)n2)C(C)C1.[CH2-]N1CCC(c2ccccc2)(c2nnnn2C)C(C)C1.[W+2].[W+2].[W+2].[W]. The first-order valence-electron chi connectivity index (χ1n) is 35.8. The Morgan fingerprint density at radius 1 is 0.473 bits per heavy atom. The molecular weight excluding hydrogens is 2160 g/mol. The summed E-state index contributed by atoms with van der Waals surface area (Å²) in [7, 11) is 22.5. The first-order chi connectivity index (χ1) is 51.8. The summed E-state index contributed by atoms with van der Waals surface area (Å²) in [5.41, 5.74) is 10.0. The Bertz CT molecular complexity index is 3210. The van der Waals surface area contributed by atoms with E-state index in [1.54, 1.807) is 4.80 Å². The maximum Gasteiger partial charge on any atom is 2.00 e. The number of aromatic amines is 1. The van der Waals surface area contributed by atoms with Gasteiger partial charge in [-0.1, -0.05) is 223 Å². The first-order valence-corrected chi connectivity index (χ1v) is 36.3. The van der Waals surface area contributed by atoms with Crippen LogP contribution in [0.5, 0.6) is 0 Å². The molecule has 4 aliphatic rings. The van der Waals surface area contributed by atoms with E-state index in [1.165, 1.54) is 48.7 Å². The molecule has 0 saturated carbocycles. The van der Waals surface area contributed by atoms with E-state index in [0.29, 0.717) is 43.9 Å². The van der Waals surface area contributed by atoms with Crippen molar-refractivity contribution in [3.63, 3.8) is 0 Å². The average Bonchev–Trinajstić information content (AvgIpc) is 1.38. The zero-order chi connectivity index (χ0) is 81.4. The molecule has 0 bridgehead atoms. The number of aliphatic hydroxyl groups is 4. The normalized spacial score (nSPS) is 21.0. The fourth-order valence-corrected chi connectivity index (χ4v) is 13.3. The zero-order valence-corrected chi connectivity index (χ0v) is 82.4. The molecule has 112 heavy (non-hydrogen) atoms. The molecule has 34 nitrogen and oxygen atoms in total. The summed E-state index contributed by atoms with van der Waals surface area (Å²) >= 11 is 0. The van der Waals surface area contributed by atoms with Crippen molar-refractivity contribution in [3.8, 4) is 0 Å². The van der Waals surface area contributed by atoms with Crippen molar-refractivity contribution in [2.45, 2.75) is 144 Å². The van der Waals surface area contributed by atoms with Crippen molar-refractivity contribution in [1.82, 2.24) is 123 Å². The van der Waals surface area contributed by atoms with Gasteiger partial charge in [-0.05, 0) is 145 Å². The third kappa shape index (κ3) is 36.5. The standard InChI is InChI=1S/2C15H20N5.C14H19N5P.C14H18N5.5C2H6.CH5NO2.3CH4NO2.H3NO.H3P.4W/c1-12-11-19(2)10-9-15(12,13-7-5-4-6-8-13)14-16-17-18-20(14)3;1-12-11-19(2)10-9-15(12,13-7-5-4-6-8-13)14-16-18-20(3)17-14;1-11-10-18(2)9-8-14(11,12-6-4-3-5-7-12)13-15-17-19(20)16-13;1-11-10-19(2)9-8-14(11,13-15-17-18-16-13)12-6-4-3-5-7-12;5*1-2;4*3-1-2-4;1-2;;;;;/h2*4-8,12H,2,9-11H2,1,3H3;3-7,11H,2,8-10,20H2,1H3;3-7,11H,2,8-10H2,1H3,(H,15,16,17,18);5*1-2H3;2-4H,1H2;3*1-4H;2H,1H2;1H3;;;;/q4*-1;;;;;;;3*-1;;;;3*+2. The van der Waals surface area contributed by atoms with Crippen molar-refractivity contribution in [2.24, 2.45) is 43.7 Å². The Morgan fingerprint density at radius 2 is 0.750 bits per heavy atom. The van der Waals surface area contributed by atoms with Gasteiger partial charge >= 0.3 is 63.2 Å². The summed E-state index contributed by atoms with van der Waals surface area (Å²) < 4.78 is 3.27. The molecule has 0 amide bonds. The summed E-state index contributed by atoms with van der Waals surface area (Å²) in [6, 6.07) is 42.2. The number of tetrazole rings is 4. The predicted octanol–water partition coefficient (Wildman–Crippen LogP) is 8.41. The second kappa shape index (κ2) is 71.2. The predicted molar refractivity (Wildman–Crippen MR) is 426 cm³/mol. The van der Waals surface area contributed by atoms with Crippen LogP contribution >= 0.6 is 19.3 Å². The second-order valence-corrected chi connectivity index (χ2v) is 23.7. The molecule has 4 aliphatic heterocycles. The Morgan fingerprint density at radius 3 is 0.973 bits per heavy atom. The van der Waals surface area contributed by atoms with Crippen LogP contribution in [0.3, 0.4) is 0 Å². The van der Waals surface area contributed by atoms with Crippen LogP contribution in [0.15, 0.2) is 121 Å². The van der Waals surface area contributed by atoms with E-state index in [1.807, 2.05) is 112 Å². The average molecular weight is 2290 g/mol. The van der Waals surface area contributed by atoms with E-state index in [9.17, 15) is 0 Å². The quantitative estimate of drug-likeness (QED) is 0.0236. The van der Waals surface area contributed by atoms with Gasteiger partial charge in [0.25, 0.3) is 0 Å². The summed E-state index contributed by atoms with van der Waals surface area (Å²) in [6.07, 6.45) is 3.86. The van der Waals surface area contributed by atoms with E-state index in [0.717, 1.165) is 101 Å². The van der Waals surface area contributed by atoms with Gasteiger partial charge in [-0.15, -0.1) is 55.9 Å². The molecule has 40 heteroatoms. The Kier molecular flexibility index (Phi) is 77.1. The minimum atomic E-state index is -0.375. The molecule has 12 rings (SSSR count). The maximum absolute atomic E-state index is 7.51. The van der Waals surface area contributed by atoms with Gasteiger partial charge in [-0.2, -0.15) is 30.0 Å². The molecule has 10 atom stereocenters. The first kappa shape index (κ1) is 121. The van der Waals surface area contributed by atoms with Crippen LogP contribution in [0, 0.1) is 72.1 Å². The van der Waals surface area contributed by atoms with Crippen LogP contribution in [0.1, 0.15) is 168 Å². The molecule has 0 spiro atoms. The van der Waals surface area contributed by atoms with E-state index in [2.05, 4.69) is 255 Å². The van der Waals surface area contributed by atoms with Crippen molar-refractivity contribution in [3.05, 3.63) is 215 Å². The summed E-state index contributed by atoms with van der Waals surface area (Å²) in [6.45, 7) is 37.4. The molecule has 0 aliphatic carbocycles. The van der Waals surface area contributed by atoms with Crippen LogP contribution in [-0.2, 0) is 120 Å². The van der Waals surface area contributed by atoms with Gasteiger partial charge in [0, 0.05) is 37.5 Å². The number of nitrogens with one attached hydrogen (secondary N) is 5. The van der Waals surface area contributed by atoms with Gasteiger partial charge in [-0.25, -0.2) is 10.6 Å². The van der Waals surface area contributed by atoms with Crippen molar-refractivity contribution in [2.75, 3.05) is 59.1 Å². The molecule has 0 radical (unpaired) electrons. The number of nitrogens with zero attached hydrogens (tertiary/aromatic N) is 19. The molecule has 8 aromatic rings. The number of rotatable bonds is 12. The maximum atomic E-state index is 7.51. The fourth-order valence-electron chi connectivity index (χ4n) is 13.2. The summed E-state index contributed by atoms with van der Waals surface area (Å²) in [5.74, 6) is 8.43. The molecule has 4 aromatic heterocycles. The number of H-pyrrole nitrogens is 1. The van der Waals surface area contributed by atoms with Crippen molar-refractivity contribution < 1.29 is 131 Å². The molecule has 632 valence electrons. The van der Waals surface area contributed by atoms with Crippen molar-refractivity contribution in [1.29, 1.82) is 0 Å². The van der Waals surface area contributed by atoms with Gasteiger partial charge in [0.2, 0.25) is 0 Å². The van der Waals surface area contributed by atoms with Gasteiger partial charge in [-0.3, -0.25) is 28.2 Å². The smallest absolute Gasteiger partial charge is 0.549 e. The number of benzene rings is 4. The van der Waals surface area contributed by atoms with E-state index >= 15 is 0 Å². The second-order valence-electron chi connectivity index (χ2n) is 23.2. The number of aliphatic hydroxyl groups excluding tert-OH is 4. The molecule has 4 saturated heterocycles. The minimum Gasteiger partial charge on any atom is -0.549 e. The van der Waals surface area contributed by atoms with Crippen LogP contribution in [-0.4, -0.2) is 206 Å². The number of nitrogens with two attached hydrogens (primary N) is 1. The molecule has 4 aromatic carbocycles. The Balaban J connectivity index is -0.000000233. The molecule has 4 fully saturated rings. The fraction of sp³-hybridized carbons (Fsp3) is 0.514. The van der Waals surface area contributed by atoms with Crippen molar-refractivity contribution >= 4 is 19.3 Å². The van der Waals surface area contributed by atoms with Crippen LogP contribution < -0.4 is 27.8 Å². The Hall–Kier alpha value is -3.95. The Labute approximate surface area is 729 Å². The van der Waals surface area contributed by atoms with Gasteiger partial charge in [0.15, 0.2) is 23.3 Å². The molecule has 10 unspecified atom stereocenters. The van der Waals surface area contributed by atoms with Gasteiger partial charge < -0.3 is 82.5 Å². The number of hydroxylamine groups is 4. The summed E-state index contributed by atoms with van der Waals surface area (Å²) in [5, 5.41) is 118. The monoisotopic (exact) mass is 2290 g/mol. The van der Waals surface area contributed by atoms with Crippen LogP contribution in [0.25, 0.3) is 0 Å². The van der Waals surface area contributed by atoms with Crippen LogP contribution in [0.4, 0.5) is 0 Å². The largest absolute Gasteiger partial charge is 2.00 e.